The quantitative estimate of drug-likeness (QED) is 0.153. The van der Waals surface area contributed by atoms with Gasteiger partial charge in [0, 0.05) is 17.8 Å². The Hall–Kier alpha value is -5.46. The van der Waals surface area contributed by atoms with Crippen LogP contribution in [0.1, 0.15) is 0 Å². The van der Waals surface area contributed by atoms with Crippen molar-refractivity contribution >= 4 is 45.8 Å². The Morgan fingerprint density at radius 3 is 1.89 bits per heavy atom. The number of azo groups is 1. The van der Waals surface area contributed by atoms with Crippen molar-refractivity contribution < 1.29 is 9.85 Å². The van der Waals surface area contributed by atoms with E-state index in [4.69, 9.17) is 0 Å². The SMILES string of the molecule is O=[N+]([O-])c1ccc(NNc2ncnc(Nc3ccc(N=Nc4ccccc4)cc3)c2[N+](=O)[O-])cc1. The maximum absolute atomic E-state index is 11.8. The van der Waals surface area contributed by atoms with Crippen molar-refractivity contribution in [3.05, 3.63) is 105 Å². The summed E-state index contributed by atoms with van der Waals surface area (Å²) in [6, 6.07) is 21.6. The highest BCUT2D eigenvalue weighted by Gasteiger charge is 2.23. The Balaban J connectivity index is 1.48. The molecule has 0 saturated heterocycles. The number of benzene rings is 3. The highest BCUT2D eigenvalue weighted by atomic mass is 16.6. The molecular weight excluding hydrogens is 454 g/mol. The van der Waals surface area contributed by atoms with Crippen LogP contribution < -0.4 is 16.2 Å². The molecule has 0 aliphatic rings. The summed E-state index contributed by atoms with van der Waals surface area (Å²) >= 11 is 0. The van der Waals surface area contributed by atoms with E-state index in [2.05, 4.69) is 36.4 Å². The third-order valence-corrected chi connectivity index (χ3v) is 4.58. The molecule has 4 rings (SSSR count). The van der Waals surface area contributed by atoms with E-state index in [0.717, 1.165) is 6.33 Å². The van der Waals surface area contributed by atoms with Crippen molar-refractivity contribution in [3.63, 3.8) is 0 Å². The van der Waals surface area contributed by atoms with Gasteiger partial charge in [-0.15, -0.1) is 0 Å². The minimum atomic E-state index is -0.620. The minimum Gasteiger partial charge on any atom is -0.334 e. The molecule has 4 aromatic rings. The summed E-state index contributed by atoms with van der Waals surface area (Å²) in [7, 11) is 0. The van der Waals surface area contributed by atoms with E-state index >= 15 is 0 Å². The number of nitro groups is 2. The van der Waals surface area contributed by atoms with Crippen LogP contribution in [0.15, 0.2) is 95.4 Å². The number of hydrogen-bond donors (Lipinski definition) is 3. The van der Waals surface area contributed by atoms with Crippen LogP contribution in [0, 0.1) is 20.2 Å². The van der Waals surface area contributed by atoms with Crippen LogP contribution in [0.25, 0.3) is 0 Å². The first-order valence-corrected chi connectivity index (χ1v) is 10.1. The van der Waals surface area contributed by atoms with Gasteiger partial charge < -0.3 is 5.32 Å². The summed E-state index contributed by atoms with van der Waals surface area (Å²) in [6.45, 7) is 0. The molecule has 0 aliphatic heterocycles. The number of anilines is 4. The van der Waals surface area contributed by atoms with Crippen molar-refractivity contribution in [1.29, 1.82) is 0 Å². The molecule has 0 unspecified atom stereocenters. The van der Waals surface area contributed by atoms with Crippen LogP contribution in [-0.4, -0.2) is 19.8 Å². The summed E-state index contributed by atoms with van der Waals surface area (Å²) < 4.78 is 0. The number of nitrogens with one attached hydrogen (secondary N) is 3. The normalized spacial score (nSPS) is 10.6. The van der Waals surface area contributed by atoms with Crippen molar-refractivity contribution in [2.75, 3.05) is 16.2 Å². The van der Waals surface area contributed by atoms with Crippen LogP contribution in [-0.2, 0) is 0 Å². The van der Waals surface area contributed by atoms with Crippen LogP contribution >= 0.6 is 0 Å². The molecule has 3 aromatic carbocycles. The molecule has 13 nitrogen and oxygen atoms in total. The second kappa shape index (κ2) is 10.4. The second-order valence-corrected chi connectivity index (χ2v) is 6.94. The van der Waals surface area contributed by atoms with E-state index < -0.39 is 15.5 Å². The Morgan fingerprint density at radius 1 is 0.657 bits per heavy atom. The average molecular weight is 471 g/mol. The van der Waals surface area contributed by atoms with Crippen LogP contribution in [0.2, 0.25) is 0 Å². The van der Waals surface area contributed by atoms with Crippen LogP contribution in [0.5, 0.6) is 0 Å². The molecule has 0 radical (unpaired) electrons. The van der Waals surface area contributed by atoms with Crippen LogP contribution in [0.3, 0.4) is 0 Å². The number of aromatic nitrogens is 2. The van der Waals surface area contributed by atoms with Gasteiger partial charge in [0.15, 0.2) is 0 Å². The van der Waals surface area contributed by atoms with E-state index in [9.17, 15) is 20.2 Å². The lowest BCUT2D eigenvalue weighted by Crippen LogP contribution is -2.13. The highest BCUT2D eigenvalue weighted by Crippen LogP contribution is 2.32. The number of nitrogens with zero attached hydrogens (tertiary/aromatic N) is 6. The fourth-order valence-corrected chi connectivity index (χ4v) is 2.89. The molecule has 3 N–H and O–H groups in total. The second-order valence-electron chi connectivity index (χ2n) is 6.94. The Morgan fingerprint density at radius 2 is 1.26 bits per heavy atom. The minimum absolute atomic E-state index is 0.0309. The summed E-state index contributed by atoms with van der Waals surface area (Å²) in [5.41, 5.74) is 7.21. The lowest BCUT2D eigenvalue weighted by molar-refractivity contribution is -0.384. The van der Waals surface area contributed by atoms with E-state index in [1.165, 1.54) is 24.3 Å². The number of rotatable bonds is 9. The first-order valence-electron chi connectivity index (χ1n) is 10.1. The first kappa shape index (κ1) is 22.7. The largest absolute Gasteiger partial charge is 0.355 e. The van der Waals surface area contributed by atoms with Crippen LogP contribution in [0.4, 0.5) is 45.8 Å². The molecule has 1 heterocycles. The van der Waals surface area contributed by atoms with E-state index in [1.54, 1.807) is 24.3 Å². The number of hydrazine groups is 1. The molecule has 0 bridgehead atoms. The Kier molecular flexibility index (Phi) is 6.78. The molecule has 0 saturated carbocycles. The lowest BCUT2D eigenvalue weighted by atomic mass is 10.3. The zero-order valence-electron chi connectivity index (χ0n) is 17.9. The molecule has 35 heavy (non-hydrogen) atoms. The molecule has 0 fully saturated rings. The van der Waals surface area contributed by atoms with Gasteiger partial charge in [-0.3, -0.25) is 31.1 Å². The average Bonchev–Trinajstić information content (AvgIpc) is 2.88. The molecule has 0 aliphatic carbocycles. The number of non-ortho nitro benzene ring substituents is 1. The molecule has 0 spiro atoms. The van der Waals surface area contributed by atoms with E-state index in [1.807, 2.05) is 30.3 Å². The van der Waals surface area contributed by atoms with Gasteiger partial charge in [0.25, 0.3) is 5.69 Å². The monoisotopic (exact) mass is 471 g/mol. The molecule has 174 valence electrons. The Labute approximate surface area is 197 Å². The van der Waals surface area contributed by atoms with Crippen molar-refractivity contribution in [2.24, 2.45) is 10.2 Å². The number of hydrogen-bond acceptors (Lipinski definition) is 11. The summed E-state index contributed by atoms with van der Waals surface area (Å²) in [5.74, 6) is -0.129. The molecular formula is C22H17N9O4. The van der Waals surface area contributed by atoms with Crippen molar-refractivity contribution in [1.82, 2.24) is 9.97 Å². The fraction of sp³-hybridized carbons (Fsp3) is 0. The van der Waals surface area contributed by atoms with Gasteiger partial charge in [0.2, 0.25) is 11.6 Å². The number of nitro benzene ring substituents is 1. The Bertz CT molecular complexity index is 1360. The van der Waals surface area contributed by atoms with Gasteiger partial charge >= 0.3 is 5.69 Å². The standard InChI is InChI=1S/C22H17N9O4/c32-30(33)19-12-10-18(11-13-19)28-29-22-20(31(34)35)21(23-14-24-22)25-15-6-8-17(9-7-15)27-26-16-4-2-1-3-5-16/h1-14,28H,(H2,23,24,25,29). The smallest absolute Gasteiger partial charge is 0.334 e. The summed E-state index contributed by atoms with van der Waals surface area (Å²) in [6.07, 6.45) is 1.16. The van der Waals surface area contributed by atoms with Gasteiger partial charge in [-0.05, 0) is 48.5 Å². The fourth-order valence-electron chi connectivity index (χ4n) is 2.89. The predicted molar refractivity (Wildman–Crippen MR) is 129 cm³/mol. The van der Waals surface area contributed by atoms with E-state index in [-0.39, 0.29) is 17.3 Å². The third kappa shape index (κ3) is 5.87. The van der Waals surface area contributed by atoms with E-state index in [0.29, 0.717) is 22.7 Å². The van der Waals surface area contributed by atoms with Gasteiger partial charge in [-0.1, -0.05) is 18.2 Å². The van der Waals surface area contributed by atoms with Gasteiger partial charge in [-0.25, -0.2) is 9.97 Å². The topological polar surface area (TPSA) is 173 Å². The molecule has 13 heteroatoms. The third-order valence-electron chi connectivity index (χ3n) is 4.58. The van der Waals surface area contributed by atoms with Gasteiger partial charge in [-0.2, -0.15) is 10.2 Å². The zero-order chi connectivity index (χ0) is 24.6. The molecule has 1 aromatic heterocycles. The predicted octanol–water partition coefficient (Wildman–Crippen LogP) is 5.89. The summed E-state index contributed by atoms with van der Waals surface area (Å²) in [4.78, 5) is 29.3. The lowest BCUT2D eigenvalue weighted by Gasteiger charge is -2.11. The van der Waals surface area contributed by atoms with Crippen molar-refractivity contribution in [2.45, 2.75) is 0 Å². The zero-order valence-corrected chi connectivity index (χ0v) is 17.9. The summed E-state index contributed by atoms with van der Waals surface area (Å²) in [5, 5.41) is 33.7. The molecule has 0 amide bonds. The van der Waals surface area contributed by atoms with Gasteiger partial charge in [0.1, 0.15) is 6.33 Å². The highest BCUT2D eigenvalue weighted by molar-refractivity contribution is 5.75. The van der Waals surface area contributed by atoms with Gasteiger partial charge in [0.05, 0.1) is 26.9 Å². The maximum atomic E-state index is 11.8. The first-order chi connectivity index (χ1) is 17.0. The molecule has 0 atom stereocenters. The van der Waals surface area contributed by atoms with Crippen molar-refractivity contribution in [3.8, 4) is 0 Å². The maximum Gasteiger partial charge on any atom is 0.355 e.